The number of isothiocyanates is 1. The predicted octanol–water partition coefficient (Wildman–Crippen LogP) is 2.92. The largest absolute Gasteiger partial charge is 0.466 e. The van der Waals surface area contributed by atoms with E-state index in [-0.39, 0.29) is 5.97 Å². The van der Waals surface area contributed by atoms with Gasteiger partial charge in [-0.2, -0.15) is 4.99 Å². The summed E-state index contributed by atoms with van der Waals surface area (Å²) in [6, 6.07) is 7.54. The highest BCUT2D eigenvalue weighted by Crippen LogP contribution is 2.13. The van der Waals surface area contributed by atoms with Crippen LogP contribution in [0.1, 0.15) is 18.9 Å². The SMILES string of the molecule is CCOC(=O)CCc1ccc(N=C=S)cc1. The van der Waals surface area contributed by atoms with Gasteiger partial charge in [-0.25, -0.2) is 0 Å². The molecule has 0 aliphatic rings. The Morgan fingerprint density at radius 1 is 1.44 bits per heavy atom. The summed E-state index contributed by atoms with van der Waals surface area (Å²) in [4.78, 5) is 15.0. The van der Waals surface area contributed by atoms with Crippen LogP contribution in [-0.4, -0.2) is 17.7 Å². The van der Waals surface area contributed by atoms with Gasteiger partial charge in [0.15, 0.2) is 0 Å². The quantitative estimate of drug-likeness (QED) is 0.447. The van der Waals surface area contributed by atoms with Crippen LogP contribution in [-0.2, 0) is 16.0 Å². The minimum Gasteiger partial charge on any atom is -0.466 e. The number of esters is 1. The van der Waals surface area contributed by atoms with E-state index in [0.717, 1.165) is 11.3 Å². The van der Waals surface area contributed by atoms with Crippen molar-refractivity contribution >= 4 is 29.0 Å². The molecule has 0 spiro atoms. The molecule has 0 aromatic heterocycles. The Morgan fingerprint density at radius 3 is 2.69 bits per heavy atom. The lowest BCUT2D eigenvalue weighted by atomic mass is 10.1. The monoisotopic (exact) mass is 235 g/mol. The number of ether oxygens (including phenoxy) is 1. The standard InChI is InChI=1S/C12H13NO2S/c1-2-15-12(14)8-5-10-3-6-11(7-4-10)13-9-16/h3-4,6-7H,2,5,8H2,1H3. The molecule has 1 rings (SSSR count). The van der Waals surface area contributed by atoms with Crippen LogP contribution in [0.2, 0.25) is 0 Å². The Hall–Kier alpha value is -1.51. The van der Waals surface area contributed by atoms with E-state index in [1.165, 1.54) is 0 Å². The fraction of sp³-hybridized carbons (Fsp3) is 0.333. The molecule has 1 aromatic carbocycles. The van der Waals surface area contributed by atoms with Crippen LogP contribution in [0.5, 0.6) is 0 Å². The second kappa shape index (κ2) is 6.88. The van der Waals surface area contributed by atoms with Crippen molar-refractivity contribution in [2.45, 2.75) is 19.8 Å². The van der Waals surface area contributed by atoms with Gasteiger partial charge < -0.3 is 4.74 Å². The number of nitrogens with zero attached hydrogens (tertiary/aromatic N) is 1. The lowest BCUT2D eigenvalue weighted by Crippen LogP contribution is -2.04. The van der Waals surface area contributed by atoms with Crippen molar-refractivity contribution in [3.05, 3.63) is 29.8 Å². The van der Waals surface area contributed by atoms with Crippen LogP contribution < -0.4 is 0 Å². The number of benzene rings is 1. The molecule has 4 heteroatoms. The van der Waals surface area contributed by atoms with E-state index in [0.29, 0.717) is 19.4 Å². The number of carbonyl (C=O) groups is 1. The highest BCUT2D eigenvalue weighted by atomic mass is 32.1. The maximum absolute atomic E-state index is 11.1. The minimum atomic E-state index is -0.163. The molecule has 1 aromatic rings. The lowest BCUT2D eigenvalue weighted by Gasteiger charge is -2.02. The first-order chi connectivity index (χ1) is 7.76. The van der Waals surface area contributed by atoms with Crippen molar-refractivity contribution in [2.24, 2.45) is 4.99 Å². The zero-order valence-electron chi connectivity index (χ0n) is 9.10. The van der Waals surface area contributed by atoms with Crippen molar-refractivity contribution in [2.75, 3.05) is 6.61 Å². The Labute approximate surface area is 100 Å². The summed E-state index contributed by atoms with van der Waals surface area (Å²) in [6.07, 6.45) is 1.09. The number of hydrogen-bond donors (Lipinski definition) is 0. The molecule has 0 heterocycles. The number of carbonyl (C=O) groups excluding carboxylic acids is 1. The van der Waals surface area contributed by atoms with Gasteiger partial charge in [0.1, 0.15) is 0 Å². The fourth-order valence-electron chi connectivity index (χ4n) is 1.27. The van der Waals surface area contributed by atoms with Gasteiger partial charge in [-0.1, -0.05) is 12.1 Å². The molecule has 0 N–H and O–H groups in total. The molecule has 0 fully saturated rings. The summed E-state index contributed by atoms with van der Waals surface area (Å²) in [6.45, 7) is 2.23. The van der Waals surface area contributed by atoms with E-state index in [1.807, 2.05) is 24.3 Å². The smallest absolute Gasteiger partial charge is 0.306 e. The molecule has 0 unspecified atom stereocenters. The van der Waals surface area contributed by atoms with Crippen molar-refractivity contribution in [3.8, 4) is 0 Å². The van der Waals surface area contributed by atoms with Gasteiger partial charge in [-0.3, -0.25) is 4.79 Å². The zero-order valence-corrected chi connectivity index (χ0v) is 9.92. The lowest BCUT2D eigenvalue weighted by molar-refractivity contribution is -0.143. The molecular formula is C12H13NO2S. The number of aliphatic imine (C=N–C) groups is 1. The van der Waals surface area contributed by atoms with Crippen LogP contribution in [0.3, 0.4) is 0 Å². The second-order valence-electron chi connectivity index (χ2n) is 3.17. The summed E-state index contributed by atoms with van der Waals surface area (Å²) in [5, 5.41) is 2.30. The van der Waals surface area contributed by atoms with E-state index < -0.39 is 0 Å². The van der Waals surface area contributed by atoms with Crippen molar-refractivity contribution in [3.63, 3.8) is 0 Å². The summed E-state index contributed by atoms with van der Waals surface area (Å²) in [5.41, 5.74) is 1.85. The van der Waals surface area contributed by atoms with Gasteiger partial charge in [0.25, 0.3) is 0 Å². The Kier molecular flexibility index (Phi) is 5.40. The Balaban J connectivity index is 2.49. The fourth-order valence-corrected chi connectivity index (χ4v) is 1.37. The maximum atomic E-state index is 11.1. The average Bonchev–Trinajstić information content (AvgIpc) is 2.29. The number of rotatable bonds is 5. The Morgan fingerprint density at radius 2 is 2.12 bits per heavy atom. The molecule has 0 saturated carbocycles. The summed E-state index contributed by atoms with van der Waals surface area (Å²) < 4.78 is 4.84. The first kappa shape index (κ1) is 12.6. The van der Waals surface area contributed by atoms with Crippen molar-refractivity contribution in [1.29, 1.82) is 0 Å². The van der Waals surface area contributed by atoms with Crippen LogP contribution in [0.25, 0.3) is 0 Å². The average molecular weight is 235 g/mol. The molecule has 0 saturated heterocycles. The second-order valence-corrected chi connectivity index (χ2v) is 3.36. The molecule has 0 amide bonds. The third-order valence-electron chi connectivity index (χ3n) is 2.03. The molecule has 3 nitrogen and oxygen atoms in total. The van der Waals surface area contributed by atoms with E-state index in [9.17, 15) is 4.79 Å². The molecule has 0 aliphatic carbocycles. The number of aryl methyl sites for hydroxylation is 1. The van der Waals surface area contributed by atoms with Gasteiger partial charge in [0.05, 0.1) is 17.5 Å². The van der Waals surface area contributed by atoms with Gasteiger partial charge >= 0.3 is 5.97 Å². The zero-order chi connectivity index (χ0) is 11.8. The molecule has 0 aliphatic heterocycles. The molecule has 0 bridgehead atoms. The highest BCUT2D eigenvalue weighted by molar-refractivity contribution is 7.78. The third-order valence-corrected chi connectivity index (χ3v) is 2.13. The summed E-state index contributed by atoms with van der Waals surface area (Å²) in [7, 11) is 0. The van der Waals surface area contributed by atoms with Crippen molar-refractivity contribution < 1.29 is 9.53 Å². The molecule has 0 atom stereocenters. The molecule has 16 heavy (non-hydrogen) atoms. The van der Waals surface area contributed by atoms with Gasteiger partial charge in [-0.05, 0) is 43.3 Å². The van der Waals surface area contributed by atoms with E-state index in [1.54, 1.807) is 6.92 Å². The van der Waals surface area contributed by atoms with Crippen LogP contribution in [0.4, 0.5) is 5.69 Å². The third kappa shape index (κ3) is 4.34. The predicted molar refractivity (Wildman–Crippen MR) is 66.1 cm³/mol. The van der Waals surface area contributed by atoms with Gasteiger partial charge in [-0.15, -0.1) is 0 Å². The Bertz CT molecular complexity index is 394. The topological polar surface area (TPSA) is 38.7 Å². The molecule has 0 radical (unpaired) electrons. The van der Waals surface area contributed by atoms with E-state index >= 15 is 0 Å². The normalized spacial score (nSPS) is 9.31. The summed E-state index contributed by atoms with van der Waals surface area (Å²) >= 11 is 4.50. The number of thiocarbonyl (C=S) groups is 1. The van der Waals surface area contributed by atoms with Crippen LogP contribution in [0, 0.1) is 0 Å². The van der Waals surface area contributed by atoms with Crippen LogP contribution in [0.15, 0.2) is 29.3 Å². The van der Waals surface area contributed by atoms with E-state index in [2.05, 4.69) is 22.4 Å². The van der Waals surface area contributed by atoms with Gasteiger partial charge in [0.2, 0.25) is 0 Å². The first-order valence-corrected chi connectivity index (χ1v) is 5.49. The first-order valence-electron chi connectivity index (χ1n) is 5.08. The molecular weight excluding hydrogens is 222 g/mol. The maximum Gasteiger partial charge on any atom is 0.306 e. The van der Waals surface area contributed by atoms with E-state index in [4.69, 9.17) is 4.74 Å². The minimum absolute atomic E-state index is 0.163. The van der Waals surface area contributed by atoms with Crippen LogP contribution >= 0.6 is 12.2 Å². The summed E-state index contributed by atoms with van der Waals surface area (Å²) in [5.74, 6) is -0.163. The van der Waals surface area contributed by atoms with Gasteiger partial charge in [0, 0.05) is 6.42 Å². The highest BCUT2D eigenvalue weighted by Gasteiger charge is 2.02. The number of hydrogen-bond acceptors (Lipinski definition) is 4. The van der Waals surface area contributed by atoms with Crippen molar-refractivity contribution in [1.82, 2.24) is 0 Å². The molecule has 84 valence electrons.